The summed E-state index contributed by atoms with van der Waals surface area (Å²) in [6.07, 6.45) is 4.26. The number of hydrogen-bond donors (Lipinski definition) is 3. The monoisotopic (exact) mass is 314 g/mol. The summed E-state index contributed by atoms with van der Waals surface area (Å²) < 4.78 is 24.0. The molecule has 0 aromatic carbocycles. The predicted octanol–water partition coefficient (Wildman–Crippen LogP) is 0.573. The van der Waals surface area contributed by atoms with Crippen molar-refractivity contribution >= 4 is 21.6 Å². The molecule has 0 radical (unpaired) electrons. The summed E-state index contributed by atoms with van der Waals surface area (Å²) in [4.78, 5) is 15.9. The highest BCUT2D eigenvalue weighted by molar-refractivity contribution is 7.88. The first kappa shape index (κ1) is 17.4. The third-order valence-electron chi connectivity index (χ3n) is 2.58. The van der Waals surface area contributed by atoms with E-state index in [9.17, 15) is 13.2 Å². The van der Waals surface area contributed by atoms with Gasteiger partial charge in [-0.15, -0.1) is 0 Å². The van der Waals surface area contributed by atoms with Gasteiger partial charge in [0, 0.05) is 19.6 Å². The first-order chi connectivity index (χ1) is 9.92. The molecule has 1 amide bonds. The summed E-state index contributed by atoms with van der Waals surface area (Å²) in [5.41, 5.74) is 1.22. The van der Waals surface area contributed by atoms with Crippen LogP contribution >= 0.6 is 0 Å². The van der Waals surface area contributed by atoms with Gasteiger partial charge >= 0.3 is 0 Å². The van der Waals surface area contributed by atoms with Crippen molar-refractivity contribution in [3.8, 4) is 0 Å². The van der Waals surface area contributed by atoms with Crippen LogP contribution in [-0.4, -0.2) is 45.2 Å². The lowest BCUT2D eigenvalue weighted by molar-refractivity contribution is 0.0948. The maximum atomic E-state index is 11.8. The molecule has 0 aliphatic heterocycles. The van der Waals surface area contributed by atoms with Gasteiger partial charge < -0.3 is 10.6 Å². The van der Waals surface area contributed by atoms with Crippen LogP contribution in [0, 0.1) is 0 Å². The zero-order valence-electron chi connectivity index (χ0n) is 12.3. The third-order valence-corrected chi connectivity index (χ3v) is 3.31. The summed E-state index contributed by atoms with van der Waals surface area (Å²) in [6, 6.07) is 3.46. The first-order valence-corrected chi connectivity index (χ1v) is 8.74. The van der Waals surface area contributed by atoms with Gasteiger partial charge in [-0.05, 0) is 25.0 Å². The number of carbonyl (C=O) groups excluding carboxylic acids is 1. The van der Waals surface area contributed by atoms with E-state index < -0.39 is 10.0 Å². The smallest absolute Gasteiger partial charge is 0.269 e. The Morgan fingerprint density at radius 3 is 2.57 bits per heavy atom. The SMILES string of the molecule is CCCNc1ccc(C(=O)NCCCNS(C)(=O)=O)nc1. The molecule has 7 nitrogen and oxygen atoms in total. The van der Waals surface area contributed by atoms with Crippen molar-refractivity contribution in [2.24, 2.45) is 0 Å². The Bertz CT molecular complexity index is 543. The molecule has 0 aliphatic carbocycles. The fourth-order valence-corrected chi connectivity index (χ4v) is 2.06. The van der Waals surface area contributed by atoms with E-state index in [1.165, 1.54) is 0 Å². The fourth-order valence-electron chi connectivity index (χ4n) is 1.54. The van der Waals surface area contributed by atoms with Crippen molar-refractivity contribution in [2.45, 2.75) is 19.8 Å². The molecule has 0 spiro atoms. The summed E-state index contributed by atoms with van der Waals surface area (Å²) in [6.45, 7) is 3.62. The average molecular weight is 314 g/mol. The van der Waals surface area contributed by atoms with Gasteiger partial charge in [0.25, 0.3) is 5.91 Å². The van der Waals surface area contributed by atoms with Crippen LogP contribution in [0.5, 0.6) is 0 Å². The van der Waals surface area contributed by atoms with E-state index >= 15 is 0 Å². The summed E-state index contributed by atoms with van der Waals surface area (Å²) in [7, 11) is -3.17. The van der Waals surface area contributed by atoms with Gasteiger partial charge in [0.15, 0.2) is 0 Å². The van der Waals surface area contributed by atoms with Gasteiger partial charge in [-0.1, -0.05) is 6.92 Å². The molecule has 21 heavy (non-hydrogen) atoms. The molecule has 118 valence electrons. The first-order valence-electron chi connectivity index (χ1n) is 6.85. The Morgan fingerprint density at radius 2 is 2.00 bits per heavy atom. The normalized spacial score (nSPS) is 11.1. The zero-order chi connectivity index (χ0) is 15.7. The Morgan fingerprint density at radius 1 is 1.24 bits per heavy atom. The minimum absolute atomic E-state index is 0.267. The van der Waals surface area contributed by atoms with Gasteiger partial charge in [-0.3, -0.25) is 4.79 Å². The quantitative estimate of drug-likeness (QED) is 0.579. The van der Waals surface area contributed by atoms with Gasteiger partial charge in [0.1, 0.15) is 5.69 Å². The molecule has 0 atom stereocenters. The lowest BCUT2D eigenvalue weighted by Gasteiger charge is -2.07. The minimum Gasteiger partial charge on any atom is -0.384 e. The number of nitrogens with one attached hydrogen (secondary N) is 3. The highest BCUT2D eigenvalue weighted by atomic mass is 32.2. The topological polar surface area (TPSA) is 100 Å². The van der Waals surface area contributed by atoms with Crippen LogP contribution in [0.2, 0.25) is 0 Å². The Labute approximate surface area is 125 Å². The molecule has 3 N–H and O–H groups in total. The van der Waals surface area contributed by atoms with Crippen LogP contribution in [0.4, 0.5) is 5.69 Å². The van der Waals surface area contributed by atoms with Crippen molar-refractivity contribution < 1.29 is 13.2 Å². The van der Waals surface area contributed by atoms with Crippen molar-refractivity contribution in [2.75, 3.05) is 31.2 Å². The van der Waals surface area contributed by atoms with Crippen molar-refractivity contribution in [1.29, 1.82) is 0 Å². The molecule has 0 unspecified atom stereocenters. The fraction of sp³-hybridized carbons (Fsp3) is 0.538. The van der Waals surface area contributed by atoms with E-state index in [0.717, 1.165) is 24.9 Å². The van der Waals surface area contributed by atoms with Crippen molar-refractivity contribution in [3.05, 3.63) is 24.0 Å². The van der Waals surface area contributed by atoms with Crippen LogP contribution < -0.4 is 15.4 Å². The second kappa shape index (κ2) is 8.58. The van der Waals surface area contributed by atoms with E-state index in [4.69, 9.17) is 0 Å². The van der Waals surface area contributed by atoms with Crippen LogP contribution in [0.25, 0.3) is 0 Å². The molecule has 1 aromatic heterocycles. The third kappa shape index (κ3) is 7.62. The molecular formula is C13H22N4O3S. The molecule has 0 saturated carbocycles. The van der Waals surface area contributed by atoms with Crippen LogP contribution in [0.3, 0.4) is 0 Å². The van der Waals surface area contributed by atoms with E-state index in [-0.39, 0.29) is 5.91 Å². The molecule has 0 aliphatic rings. The lowest BCUT2D eigenvalue weighted by atomic mass is 10.3. The second-order valence-electron chi connectivity index (χ2n) is 4.63. The molecule has 0 fully saturated rings. The molecule has 1 aromatic rings. The van der Waals surface area contributed by atoms with Crippen LogP contribution in [-0.2, 0) is 10.0 Å². The number of amides is 1. The van der Waals surface area contributed by atoms with E-state index in [1.54, 1.807) is 12.3 Å². The zero-order valence-corrected chi connectivity index (χ0v) is 13.2. The van der Waals surface area contributed by atoms with E-state index in [1.807, 2.05) is 6.07 Å². The summed E-state index contributed by atoms with van der Waals surface area (Å²) in [5.74, 6) is -0.267. The number of anilines is 1. The van der Waals surface area contributed by atoms with Gasteiger partial charge in [0.2, 0.25) is 10.0 Å². The lowest BCUT2D eigenvalue weighted by Crippen LogP contribution is -2.29. The average Bonchev–Trinajstić information content (AvgIpc) is 2.44. The van der Waals surface area contributed by atoms with Crippen LogP contribution in [0.1, 0.15) is 30.3 Å². The number of sulfonamides is 1. The summed E-state index contributed by atoms with van der Waals surface area (Å²) >= 11 is 0. The number of hydrogen-bond acceptors (Lipinski definition) is 5. The van der Waals surface area contributed by atoms with E-state index in [0.29, 0.717) is 25.2 Å². The predicted molar refractivity (Wildman–Crippen MR) is 82.8 cm³/mol. The maximum Gasteiger partial charge on any atom is 0.269 e. The van der Waals surface area contributed by atoms with Gasteiger partial charge in [-0.25, -0.2) is 18.1 Å². The Kier molecular flexibility index (Phi) is 7.10. The maximum absolute atomic E-state index is 11.8. The second-order valence-corrected chi connectivity index (χ2v) is 6.47. The van der Waals surface area contributed by atoms with Crippen molar-refractivity contribution in [1.82, 2.24) is 15.0 Å². The Balaban J connectivity index is 2.31. The Hall–Kier alpha value is -1.67. The largest absolute Gasteiger partial charge is 0.384 e. The molecular weight excluding hydrogens is 292 g/mol. The minimum atomic E-state index is -3.17. The number of carbonyl (C=O) groups is 1. The number of rotatable bonds is 9. The van der Waals surface area contributed by atoms with E-state index in [2.05, 4.69) is 27.3 Å². The van der Waals surface area contributed by atoms with Crippen molar-refractivity contribution in [3.63, 3.8) is 0 Å². The van der Waals surface area contributed by atoms with Gasteiger partial charge in [-0.2, -0.15) is 0 Å². The van der Waals surface area contributed by atoms with Gasteiger partial charge in [0.05, 0.1) is 18.1 Å². The highest BCUT2D eigenvalue weighted by Crippen LogP contribution is 2.06. The molecule has 8 heteroatoms. The molecule has 1 heterocycles. The number of aromatic nitrogens is 1. The molecule has 0 bridgehead atoms. The standard InChI is InChI=1S/C13H22N4O3S/c1-3-7-14-11-5-6-12(16-10-11)13(18)15-8-4-9-17-21(2,19)20/h5-6,10,14,17H,3-4,7-9H2,1-2H3,(H,15,18). The number of nitrogens with zero attached hydrogens (tertiary/aromatic N) is 1. The van der Waals surface area contributed by atoms with Crippen LogP contribution in [0.15, 0.2) is 18.3 Å². The molecule has 1 rings (SSSR count). The summed E-state index contributed by atoms with van der Waals surface area (Å²) in [5, 5.41) is 5.87. The highest BCUT2D eigenvalue weighted by Gasteiger charge is 2.06. The number of pyridine rings is 1. The molecule has 0 saturated heterocycles.